The largest absolute Gasteiger partial charge is 0.821 e. The first-order chi connectivity index (χ1) is 40.2. The smallest absolute Gasteiger partial charge is 0.286 e. The van der Waals surface area contributed by atoms with Gasteiger partial charge in [-0.3, -0.25) is 9.59 Å². The fraction of sp³-hybridized carbons (Fsp3) is 0.426. The number of amides is 2. The van der Waals surface area contributed by atoms with Crippen molar-refractivity contribution in [3.8, 4) is 23.6 Å². The number of anilines is 2. The van der Waals surface area contributed by atoms with E-state index in [9.17, 15) is 70.9 Å². The zero-order valence-corrected chi connectivity index (χ0v) is 53.6. The zero-order chi connectivity index (χ0) is 64.6. The van der Waals surface area contributed by atoms with E-state index in [1.807, 2.05) is 19.0 Å². The number of hydrogen-bond donors (Lipinski definition) is 2. The number of likely N-dealkylation sites (N-methyl/N-ethyl adjacent to an activating group) is 1. The van der Waals surface area contributed by atoms with Crippen molar-refractivity contribution in [2.75, 3.05) is 50.7 Å². The minimum atomic E-state index is -5.18. The molecule has 0 spiro atoms. The number of phosphoric ester groups is 1. The second kappa shape index (κ2) is 27.6. The summed E-state index contributed by atoms with van der Waals surface area (Å²) in [5.74, 6) is 0.855. The molecule has 2 amide bonds. The van der Waals surface area contributed by atoms with E-state index >= 15 is 0 Å². The van der Waals surface area contributed by atoms with Crippen LogP contribution in [-0.2, 0) is 47.8 Å². The zero-order valence-electron chi connectivity index (χ0n) is 47.8. The van der Waals surface area contributed by atoms with Crippen LogP contribution in [-0.4, -0.2) is 132 Å². The van der Waals surface area contributed by atoms with Crippen molar-refractivity contribution in [2.24, 2.45) is 4.40 Å². The molecular formula is C54H64Cl2N9O18P3S2-6. The number of rotatable bonds is 11. The Morgan fingerprint density at radius 2 is 1.20 bits per heavy atom. The number of nitriles is 2. The van der Waals surface area contributed by atoms with Crippen LogP contribution >= 0.6 is 46.2 Å². The molecule has 34 heteroatoms. The van der Waals surface area contributed by atoms with Gasteiger partial charge in [-0.05, 0) is 134 Å². The maximum absolute atomic E-state index is 12.4. The number of nitrogens with one attached hydrogen (secondary N) is 2. The highest BCUT2D eigenvalue weighted by Crippen LogP contribution is 2.51. The summed E-state index contributed by atoms with van der Waals surface area (Å²) in [6, 6.07) is 21.4. The van der Waals surface area contributed by atoms with Gasteiger partial charge in [0.25, 0.3) is 10.0 Å². The monoisotopic (exact) mass is 1350 g/mol. The molecule has 2 saturated heterocycles. The van der Waals surface area contributed by atoms with Crippen LogP contribution in [0.5, 0.6) is 11.5 Å². The van der Waals surface area contributed by atoms with E-state index in [4.69, 9.17) is 41.7 Å². The molecule has 1 unspecified atom stereocenters. The summed E-state index contributed by atoms with van der Waals surface area (Å²) in [7, 11) is -17.5. The molecule has 10 rings (SSSR count). The Balaban J connectivity index is 0.000000189. The van der Waals surface area contributed by atoms with Crippen LogP contribution in [0.1, 0.15) is 102 Å². The second-order valence-corrected chi connectivity index (χ2v) is 29.9. The number of benzene rings is 4. The Kier molecular flexibility index (Phi) is 22.4. The molecule has 4 aromatic rings. The van der Waals surface area contributed by atoms with E-state index in [2.05, 4.69) is 43.7 Å². The van der Waals surface area contributed by atoms with E-state index < -0.39 is 85.2 Å². The third-order valence-corrected chi connectivity index (χ3v) is 18.8. The number of hydrogen-bond acceptors (Lipinski definition) is 23. The minimum absolute atomic E-state index is 0. The number of nitrogens with zero attached hydrogens (tertiary/aromatic N) is 7. The molecule has 88 heavy (non-hydrogen) atoms. The summed E-state index contributed by atoms with van der Waals surface area (Å²) in [5, 5.41) is 22.1. The molecule has 2 fully saturated rings. The van der Waals surface area contributed by atoms with E-state index in [1.165, 1.54) is 31.2 Å². The highest BCUT2D eigenvalue weighted by molar-refractivity contribution is 7.90. The maximum Gasteiger partial charge on any atom is 0.286 e. The lowest BCUT2D eigenvalue weighted by Gasteiger charge is -2.52. The Hall–Kier alpha value is -5.46. The molecule has 4 aromatic carbocycles. The molecule has 2 N–H and O–H groups in total. The third-order valence-electron chi connectivity index (χ3n) is 13.9. The van der Waals surface area contributed by atoms with Crippen LogP contribution in [0.2, 0.25) is 10.0 Å². The van der Waals surface area contributed by atoms with Gasteiger partial charge in [-0.2, -0.15) is 38.8 Å². The molecular weight excluding hydrogens is 1290 g/mol. The number of halogens is 2. The molecule has 480 valence electrons. The number of phosphoric acid groups is 1. The lowest BCUT2D eigenvalue weighted by Crippen LogP contribution is -2.55. The highest BCUT2D eigenvalue weighted by atomic mass is 35.5. The van der Waals surface area contributed by atoms with Gasteiger partial charge in [0.1, 0.15) is 63.4 Å². The minimum Gasteiger partial charge on any atom is -0.821 e. The normalized spacial score (nSPS) is 22.6. The van der Waals surface area contributed by atoms with Crippen molar-refractivity contribution in [2.45, 2.75) is 119 Å². The molecule has 0 aliphatic carbocycles. The van der Waals surface area contributed by atoms with Gasteiger partial charge in [0.05, 0.1) is 54.5 Å². The maximum atomic E-state index is 12.4. The number of sulfonamides is 2. The van der Waals surface area contributed by atoms with Crippen molar-refractivity contribution in [3.63, 3.8) is 0 Å². The van der Waals surface area contributed by atoms with Crippen LogP contribution in [0.4, 0.5) is 11.4 Å². The molecule has 6 heterocycles. The summed E-state index contributed by atoms with van der Waals surface area (Å²) < 4.78 is 90.9. The van der Waals surface area contributed by atoms with Gasteiger partial charge < -0.3 is 81.9 Å². The van der Waals surface area contributed by atoms with E-state index in [1.54, 1.807) is 86.0 Å². The van der Waals surface area contributed by atoms with Gasteiger partial charge in [0, 0.05) is 53.6 Å². The van der Waals surface area contributed by atoms with Crippen LogP contribution in [0.25, 0.3) is 0 Å². The van der Waals surface area contributed by atoms with Gasteiger partial charge in [0.2, 0.25) is 21.8 Å². The molecule has 0 bridgehead atoms. The van der Waals surface area contributed by atoms with Crippen molar-refractivity contribution >= 4 is 108 Å². The van der Waals surface area contributed by atoms with Gasteiger partial charge in [-0.1, -0.05) is 30.6 Å². The Labute approximate surface area is 521 Å². The van der Waals surface area contributed by atoms with Crippen LogP contribution < -0.4 is 53.8 Å². The van der Waals surface area contributed by atoms with E-state index in [0.717, 1.165) is 4.90 Å². The highest BCUT2D eigenvalue weighted by Gasteiger charge is 2.51. The first-order valence-electron chi connectivity index (χ1n) is 26.2. The molecule has 0 saturated carbocycles. The molecule has 0 aromatic heterocycles. The number of carbonyl (C=O) groups is 2. The summed E-state index contributed by atoms with van der Waals surface area (Å²) in [6.45, 7) is 9.09. The first kappa shape index (κ1) is 71.6. The van der Waals surface area contributed by atoms with Crippen molar-refractivity contribution < 1.29 is 83.4 Å². The number of fused-ring (bicyclic) bond motifs is 4. The number of carbonyl (C=O) groups excluding carboxylic acids is 2. The SMILES string of the molecule is C.C=P([O-])([O-])O[C@@H]1[C@@H](N2CCCC2=O)c2cc(C#N)ccc2OC1(C)C.C=P([O-])([O-])O[C@H]1[C@H](N2CCCC2=O)c2cc(C#N)ccc2OC1(C)C.CC1=NS(=O)(=O)c2cc(Cl)ccc2N1COP(=O)([O-])[O-].CN(C)CC1Nc2ccc(Cl)cc2S(=O)(=O)N1. The average Bonchev–Trinajstić information content (AvgIpc) is 1.30. The molecule has 0 radical (unpaired) electrons. The quantitative estimate of drug-likeness (QED) is 0.204. The fourth-order valence-corrected chi connectivity index (χ4v) is 15.1. The standard InChI is InChI=1S/2C17H19N2O5P.C10H14ClN3O2S.C9H10ClN2O6PS.CH4/c2*1-17(2)16(24-25(3,21)22)15(19-8-4-5-14(19)20)12-9-11(10-18)6-7-13(12)23-17;1-14(2)6-10-12-8-4-3-7(11)5-9(8)17(15,16)13-10;1-6-11-20(16,17)9-4-7(10)2-3-8(9)12(6)5-18-19(13,14)15;/h2*6-7,9,15-16H,3-5,8H2,1-2H3;3-5,10,12-13H,6H2,1-2H3;2-4H,5H2,1H3,(H2,13,14,15);1H4/q2*-2;;;/p-2/t2*15-,16+;;;/m10.../s1. The average molecular weight is 1360 g/mol. The topological polar surface area (TPSA) is 401 Å². The Bertz CT molecular complexity index is 3700. The summed E-state index contributed by atoms with van der Waals surface area (Å²) in [5.41, 5.74) is 0.656. The lowest BCUT2D eigenvalue weighted by molar-refractivity contribution is -0.342. The van der Waals surface area contributed by atoms with Crippen LogP contribution in [0.15, 0.2) is 87.0 Å². The molecule has 27 nitrogen and oxygen atoms in total. The van der Waals surface area contributed by atoms with Gasteiger partial charge in [-0.15, -0.1) is 17.0 Å². The number of ether oxygens (including phenoxy) is 2. The summed E-state index contributed by atoms with van der Waals surface area (Å²) >= 11 is 11.5. The number of likely N-dealkylation sites (tertiary alicyclic amines) is 2. The predicted octanol–water partition coefficient (Wildman–Crippen LogP) is 3.02. The fourth-order valence-electron chi connectivity index (χ4n) is 10.4. The van der Waals surface area contributed by atoms with Crippen LogP contribution in [0, 0.1) is 22.7 Å². The van der Waals surface area contributed by atoms with Crippen LogP contribution in [0.3, 0.4) is 0 Å². The Morgan fingerprint density at radius 1 is 0.750 bits per heavy atom. The van der Waals surface area contributed by atoms with Gasteiger partial charge in [-0.25, -0.2) is 8.42 Å². The molecule has 6 aliphatic heterocycles. The summed E-state index contributed by atoms with van der Waals surface area (Å²) in [4.78, 5) is 99.0. The van der Waals surface area contributed by atoms with Gasteiger partial charge in [0.15, 0.2) is 0 Å². The summed E-state index contributed by atoms with van der Waals surface area (Å²) in [6.07, 6.45) is 6.06. The lowest BCUT2D eigenvalue weighted by atomic mass is 9.85. The van der Waals surface area contributed by atoms with Crippen molar-refractivity contribution in [1.29, 1.82) is 10.5 Å². The van der Waals surface area contributed by atoms with Crippen molar-refractivity contribution in [3.05, 3.63) is 105 Å². The number of amidine groups is 1. The van der Waals surface area contributed by atoms with E-state index in [-0.39, 0.29) is 51.7 Å². The third kappa shape index (κ3) is 17.5. The molecule has 5 atom stereocenters. The second-order valence-electron chi connectivity index (χ2n) is 21.8. The first-order valence-corrected chi connectivity index (χ1v) is 34.8. The van der Waals surface area contributed by atoms with E-state index in [0.29, 0.717) is 89.8 Å². The Morgan fingerprint density at radius 3 is 1.61 bits per heavy atom. The van der Waals surface area contributed by atoms with Crippen molar-refractivity contribution in [1.82, 2.24) is 19.4 Å². The van der Waals surface area contributed by atoms with Gasteiger partial charge >= 0.3 is 0 Å². The molecule has 6 aliphatic rings. The predicted molar refractivity (Wildman–Crippen MR) is 319 cm³/mol.